The summed E-state index contributed by atoms with van der Waals surface area (Å²) in [5, 5.41) is 10.4. The summed E-state index contributed by atoms with van der Waals surface area (Å²) in [6, 6.07) is 0. The summed E-state index contributed by atoms with van der Waals surface area (Å²) < 4.78 is 12.4. The van der Waals surface area contributed by atoms with E-state index in [1.807, 2.05) is 27.7 Å². The second kappa shape index (κ2) is 9.27. The lowest BCUT2D eigenvalue weighted by Crippen LogP contribution is -2.48. The number of allylic oxidation sites excluding steroid dienone is 2. The first-order valence-electron chi connectivity index (χ1n) is 10.1. The van der Waals surface area contributed by atoms with Crippen LogP contribution in [0.25, 0.3) is 0 Å². The van der Waals surface area contributed by atoms with Crippen molar-refractivity contribution in [3.8, 4) is 0 Å². The van der Waals surface area contributed by atoms with Crippen LogP contribution in [-0.2, 0) is 9.47 Å². The summed E-state index contributed by atoms with van der Waals surface area (Å²) in [7, 11) is 0. The zero-order valence-corrected chi connectivity index (χ0v) is 19.0. The van der Waals surface area contributed by atoms with Crippen molar-refractivity contribution >= 4 is 22.0 Å². The molecule has 0 bridgehead atoms. The fraction of sp³-hybridized carbons (Fsp3) is 0.857. The number of aliphatic hydroxyl groups excluding tert-OH is 1. The molecule has 0 spiro atoms. The van der Waals surface area contributed by atoms with Crippen LogP contribution in [0.4, 0.5) is 4.79 Å². The highest BCUT2D eigenvalue weighted by atomic mass is 79.9. The lowest BCUT2D eigenvalue weighted by Gasteiger charge is -2.41. The Hall–Kier alpha value is -0.590. The number of hydrogen-bond acceptors (Lipinski definition) is 4. The van der Waals surface area contributed by atoms with E-state index in [1.54, 1.807) is 4.90 Å². The number of ether oxygens (including phenoxy) is 2. The normalized spacial score (nSPS) is 30.2. The predicted molar refractivity (Wildman–Crippen MR) is 111 cm³/mol. The molecule has 0 unspecified atom stereocenters. The number of aliphatic hydroxyl groups is 1. The maximum Gasteiger partial charge on any atom is 0.410 e. The Bertz CT molecular complexity index is 541. The minimum absolute atomic E-state index is 0.101. The SMILES string of the molecule is C/C(Br)=C/[C@H]1C[C@H]1COC[C@@H](O)C[C@@]1(C)CCCN(C(=O)OC(C)(C)C)C1. The van der Waals surface area contributed by atoms with Crippen LogP contribution in [-0.4, -0.2) is 54.1 Å². The van der Waals surface area contributed by atoms with Crippen molar-refractivity contribution in [2.75, 3.05) is 26.3 Å². The molecule has 156 valence electrons. The largest absolute Gasteiger partial charge is 0.444 e. The molecule has 0 aromatic carbocycles. The lowest BCUT2D eigenvalue weighted by atomic mass is 9.77. The zero-order valence-electron chi connectivity index (χ0n) is 17.5. The van der Waals surface area contributed by atoms with Crippen molar-refractivity contribution in [1.29, 1.82) is 0 Å². The Morgan fingerprint density at radius 2 is 2.15 bits per heavy atom. The fourth-order valence-electron chi connectivity index (χ4n) is 3.91. The van der Waals surface area contributed by atoms with Gasteiger partial charge in [-0.05, 0) is 75.1 Å². The molecule has 5 nitrogen and oxygen atoms in total. The fourth-order valence-corrected chi connectivity index (χ4v) is 4.25. The Morgan fingerprint density at radius 3 is 2.78 bits per heavy atom. The second-order valence-electron chi connectivity index (χ2n) is 9.62. The average Bonchev–Trinajstić information content (AvgIpc) is 3.22. The molecule has 1 saturated heterocycles. The Kier molecular flexibility index (Phi) is 7.79. The number of carbonyl (C=O) groups is 1. The van der Waals surface area contributed by atoms with E-state index in [0.717, 1.165) is 19.4 Å². The number of carbonyl (C=O) groups excluding carboxylic acids is 1. The number of halogens is 1. The Morgan fingerprint density at radius 1 is 1.44 bits per heavy atom. The van der Waals surface area contributed by atoms with Gasteiger partial charge in [-0.3, -0.25) is 0 Å². The van der Waals surface area contributed by atoms with Crippen LogP contribution in [0, 0.1) is 17.3 Å². The number of rotatable bonds is 7. The van der Waals surface area contributed by atoms with Crippen LogP contribution in [0.2, 0.25) is 0 Å². The van der Waals surface area contributed by atoms with Crippen molar-refractivity contribution < 1.29 is 19.4 Å². The van der Waals surface area contributed by atoms with Gasteiger partial charge in [0, 0.05) is 13.1 Å². The number of piperidine rings is 1. The molecular weight excluding hydrogens is 410 g/mol. The van der Waals surface area contributed by atoms with Gasteiger partial charge in [-0.15, -0.1) is 0 Å². The highest BCUT2D eigenvalue weighted by Gasteiger charge is 2.37. The summed E-state index contributed by atoms with van der Waals surface area (Å²) in [6.45, 7) is 12.3. The van der Waals surface area contributed by atoms with E-state index in [2.05, 4.69) is 28.9 Å². The van der Waals surface area contributed by atoms with Gasteiger partial charge >= 0.3 is 6.09 Å². The number of nitrogens with zero attached hydrogens (tertiary/aromatic N) is 1. The van der Waals surface area contributed by atoms with Gasteiger partial charge < -0.3 is 19.5 Å². The van der Waals surface area contributed by atoms with Gasteiger partial charge in [0.15, 0.2) is 0 Å². The van der Waals surface area contributed by atoms with Crippen molar-refractivity contribution in [3.05, 3.63) is 10.6 Å². The molecule has 2 rings (SSSR count). The van der Waals surface area contributed by atoms with Gasteiger partial charge in [0.2, 0.25) is 0 Å². The number of hydrogen-bond donors (Lipinski definition) is 1. The maximum atomic E-state index is 12.4. The van der Waals surface area contributed by atoms with E-state index in [4.69, 9.17) is 9.47 Å². The maximum absolute atomic E-state index is 12.4. The second-order valence-corrected chi connectivity index (χ2v) is 10.9. The predicted octanol–water partition coefficient (Wildman–Crippen LogP) is 4.73. The van der Waals surface area contributed by atoms with Crippen LogP contribution < -0.4 is 0 Å². The molecule has 0 aromatic rings. The first-order chi connectivity index (χ1) is 12.5. The minimum atomic E-state index is -0.501. The van der Waals surface area contributed by atoms with Crippen LogP contribution in [0.15, 0.2) is 10.6 Å². The van der Waals surface area contributed by atoms with Crippen LogP contribution in [0.3, 0.4) is 0 Å². The van der Waals surface area contributed by atoms with Crippen LogP contribution in [0.1, 0.15) is 60.3 Å². The third-order valence-corrected chi connectivity index (χ3v) is 5.49. The number of amides is 1. The molecule has 4 atom stereocenters. The van der Waals surface area contributed by atoms with E-state index in [0.29, 0.717) is 38.0 Å². The molecule has 1 amide bonds. The van der Waals surface area contributed by atoms with Gasteiger partial charge in [0.1, 0.15) is 5.60 Å². The molecular formula is C21H36BrNO4. The summed E-state index contributed by atoms with van der Waals surface area (Å²) in [6.07, 6.45) is 5.23. The molecule has 2 aliphatic rings. The summed E-state index contributed by atoms with van der Waals surface area (Å²) >= 11 is 3.47. The topological polar surface area (TPSA) is 59.0 Å². The van der Waals surface area contributed by atoms with Gasteiger partial charge in [0.25, 0.3) is 0 Å². The van der Waals surface area contributed by atoms with Crippen LogP contribution >= 0.6 is 15.9 Å². The van der Waals surface area contributed by atoms with Gasteiger partial charge in [-0.25, -0.2) is 4.79 Å². The van der Waals surface area contributed by atoms with Crippen LogP contribution in [0.5, 0.6) is 0 Å². The Balaban J connectivity index is 1.73. The third kappa shape index (κ3) is 8.12. The van der Waals surface area contributed by atoms with Gasteiger partial charge in [0.05, 0.1) is 19.3 Å². The lowest BCUT2D eigenvalue weighted by molar-refractivity contribution is -0.0217. The van der Waals surface area contributed by atoms with Gasteiger partial charge in [-0.2, -0.15) is 0 Å². The smallest absolute Gasteiger partial charge is 0.410 e. The van der Waals surface area contributed by atoms with Crippen molar-refractivity contribution in [1.82, 2.24) is 4.90 Å². The third-order valence-electron chi connectivity index (χ3n) is 5.22. The first-order valence-corrected chi connectivity index (χ1v) is 10.8. The zero-order chi connectivity index (χ0) is 20.2. The highest BCUT2D eigenvalue weighted by Crippen LogP contribution is 2.41. The molecule has 1 heterocycles. The van der Waals surface area contributed by atoms with E-state index in [9.17, 15) is 9.90 Å². The Labute approximate surface area is 172 Å². The molecule has 1 N–H and O–H groups in total. The van der Waals surface area contributed by atoms with E-state index in [-0.39, 0.29) is 11.5 Å². The highest BCUT2D eigenvalue weighted by molar-refractivity contribution is 9.11. The monoisotopic (exact) mass is 445 g/mol. The molecule has 1 aliphatic carbocycles. The minimum Gasteiger partial charge on any atom is -0.444 e. The van der Waals surface area contributed by atoms with E-state index >= 15 is 0 Å². The van der Waals surface area contributed by atoms with Crippen molar-refractivity contribution in [3.63, 3.8) is 0 Å². The first kappa shape index (κ1) is 22.7. The summed E-state index contributed by atoms with van der Waals surface area (Å²) in [5.74, 6) is 1.19. The summed E-state index contributed by atoms with van der Waals surface area (Å²) in [5.41, 5.74) is -0.586. The van der Waals surface area contributed by atoms with E-state index < -0.39 is 11.7 Å². The molecule has 1 aliphatic heterocycles. The summed E-state index contributed by atoms with van der Waals surface area (Å²) in [4.78, 5) is 14.1. The van der Waals surface area contributed by atoms with Gasteiger partial charge in [-0.1, -0.05) is 28.9 Å². The van der Waals surface area contributed by atoms with Crippen molar-refractivity contribution in [2.45, 2.75) is 72.0 Å². The number of likely N-dealkylation sites (tertiary alicyclic amines) is 1. The average molecular weight is 446 g/mol. The standard InChI is InChI=1S/C21H36BrNO4/c1-15(22)9-16-10-17(16)12-26-13-18(24)11-21(5)7-6-8-23(14-21)19(25)27-20(2,3)4/h9,16-18,24H,6-8,10-14H2,1-5H3/b15-9-/t16-,17-,18-,21+/m0/s1. The molecule has 27 heavy (non-hydrogen) atoms. The van der Waals surface area contributed by atoms with E-state index in [1.165, 1.54) is 10.9 Å². The molecule has 2 fully saturated rings. The molecule has 1 saturated carbocycles. The molecule has 0 aromatic heterocycles. The molecule has 0 radical (unpaired) electrons. The van der Waals surface area contributed by atoms with Crippen molar-refractivity contribution in [2.24, 2.45) is 17.3 Å². The quantitative estimate of drug-likeness (QED) is 0.615. The molecule has 6 heteroatoms.